The Morgan fingerprint density at radius 2 is 2.11 bits per heavy atom. The van der Waals surface area contributed by atoms with Crippen LogP contribution in [0, 0.1) is 0 Å². The Morgan fingerprint density at radius 3 is 2.84 bits per heavy atom. The summed E-state index contributed by atoms with van der Waals surface area (Å²) in [5.41, 5.74) is 1.21. The number of hydrogen-bond donors (Lipinski definition) is 2. The summed E-state index contributed by atoms with van der Waals surface area (Å²) in [5, 5.41) is 12.3. The van der Waals surface area contributed by atoms with Gasteiger partial charge in [0, 0.05) is 24.8 Å². The SMILES string of the molecule is OCCCCCOc1c(Br)cccc1CNC1CC1. The first kappa shape index (κ1) is 14.8. The number of halogens is 1. The van der Waals surface area contributed by atoms with Gasteiger partial charge in [0.2, 0.25) is 0 Å². The van der Waals surface area contributed by atoms with E-state index in [4.69, 9.17) is 9.84 Å². The number of aliphatic hydroxyl groups excluding tert-OH is 1. The molecule has 0 heterocycles. The van der Waals surface area contributed by atoms with Crippen LogP contribution in [0.5, 0.6) is 5.75 Å². The van der Waals surface area contributed by atoms with Crippen molar-refractivity contribution in [2.24, 2.45) is 0 Å². The number of hydrogen-bond acceptors (Lipinski definition) is 3. The molecule has 1 fully saturated rings. The van der Waals surface area contributed by atoms with Gasteiger partial charge in [-0.25, -0.2) is 0 Å². The van der Waals surface area contributed by atoms with Crippen LogP contribution >= 0.6 is 15.9 Å². The Balaban J connectivity index is 1.84. The van der Waals surface area contributed by atoms with Crippen molar-refractivity contribution < 1.29 is 9.84 Å². The fourth-order valence-corrected chi connectivity index (χ4v) is 2.48. The lowest BCUT2D eigenvalue weighted by atomic mass is 10.2. The predicted octanol–water partition coefficient (Wildman–Crippen LogP) is 3.24. The van der Waals surface area contributed by atoms with Crippen LogP contribution < -0.4 is 10.1 Å². The predicted molar refractivity (Wildman–Crippen MR) is 80.4 cm³/mol. The van der Waals surface area contributed by atoms with Crippen molar-refractivity contribution in [2.45, 2.75) is 44.7 Å². The second kappa shape index (κ2) is 7.88. The fraction of sp³-hybridized carbons (Fsp3) is 0.600. The Labute approximate surface area is 123 Å². The summed E-state index contributed by atoms with van der Waals surface area (Å²) >= 11 is 3.56. The molecule has 4 heteroatoms. The van der Waals surface area contributed by atoms with Crippen molar-refractivity contribution in [1.29, 1.82) is 0 Å². The maximum absolute atomic E-state index is 8.74. The summed E-state index contributed by atoms with van der Waals surface area (Å²) in [5.74, 6) is 0.958. The van der Waals surface area contributed by atoms with E-state index >= 15 is 0 Å². The highest BCUT2D eigenvalue weighted by Gasteiger charge is 2.20. The molecule has 0 atom stereocenters. The van der Waals surface area contributed by atoms with Gasteiger partial charge in [-0.1, -0.05) is 12.1 Å². The molecule has 1 aromatic rings. The molecule has 0 unspecified atom stereocenters. The molecule has 0 saturated heterocycles. The number of para-hydroxylation sites is 1. The zero-order chi connectivity index (χ0) is 13.5. The Kier molecular flexibility index (Phi) is 6.14. The van der Waals surface area contributed by atoms with Gasteiger partial charge in [-0.15, -0.1) is 0 Å². The van der Waals surface area contributed by atoms with Gasteiger partial charge in [0.05, 0.1) is 11.1 Å². The summed E-state index contributed by atoms with van der Waals surface area (Å²) < 4.78 is 6.92. The third kappa shape index (κ3) is 5.13. The molecule has 1 aliphatic rings. The molecule has 0 spiro atoms. The minimum absolute atomic E-state index is 0.269. The van der Waals surface area contributed by atoms with E-state index in [1.807, 2.05) is 12.1 Å². The van der Waals surface area contributed by atoms with Crippen LogP contribution in [0.15, 0.2) is 22.7 Å². The van der Waals surface area contributed by atoms with Gasteiger partial charge >= 0.3 is 0 Å². The van der Waals surface area contributed by atoms with Crippen molar-refractivity contribution >= 4 is 15.9 Å². The van der Waals surface area contributed by atoms with E-state index in [-0.39, 0.29) is 6.61 Å². The lowest BCUT2D eigenvalue weighted by Gasteiger charge is -2.13. The molecule has 2 rings (SSSR count). The lowest BCUT2D eigenvalue weighted by molar-refractivity contribution is 0.264. The van der Waals surface area contributed by atoms with Gasteiger partial charge in [-0.2, -0.15) is 0 Å². The topological polar surface area (TPSA) is 41.5 Å². The van der Waals surface area contributed by atoms with Gasteiger partial charge < -0.3 is 15.2 Å². The molecule has 1 aliphatic carbocycles. The molecule has 0 bridgehead atoms. The third-order valence-electron chi connectivity index (χ3n) is 3.26. The molecule has 1 saturated carbocycles. The summed E-state index contributed by atoms with van der Waals surface area (Å²) in [4.78, 5) is 0. The van der Waals surface area contributed by atoms with Crippen molar-refractivity contribution in [3.63, 3.8) is 0 Å². The largest absolute Gasteiger partial charge is 0.492 e. The molecule has 3 nitrogen and oxygen atoms in total. The van der Waals surface area contributed by atoms with Gasteiger partial charge in [-0.05, 0) is 54.1 Å². The van der Waals surface area contributed by atoms with E-state index in [9.17, 15) is 0 Å². The number of unbranched alkanes of at least 4 members (excludes halogenated alkanes) is 2. The summed E-state index contributed by atoms with van der Waals surface area (Å²) in [6.45, 7) is 1.85. The number of benzene rings is 1. The van der Waals surface area contributed by atoms with Crippen LogP contribution in [0.4, 0.5) is 0 Å². The number of rotatable bonds is 9. The Hall–Kier alpha value is -0.580. The van der Waals surface area contributed by atoms with Gasteiger partial charge in [0.1, 0.15) is 5.75 Å². The van der Waals surface area contributed by atoms with E-state index in [1.54, 1.807) is 0 Å². The molecule has 19 heavy (non-hydrogen) atoms. The van der Waals surface area contributed by atoms with Gasteiger partial charge in [0.15, 0.2) is 0 Å². The van der Waals surface area contributed by atoms with Crippen LogP contribution in [-0.4, -0.2) is 24.4 Å². The van der Waals surface area contributed by atoms with Crippen LogP contribution in [0.2, 0.25) is 0 Å². The number of aliphatic hydroxyl groups is 1. The summed E-state index contributed by atoms with van der Waals surface area (Å²) in [6, 6.07) is 6.89. The monoisotopic (exact) mass is 327 g/mol. The molecule has 0 amide bonds. The average Bonchev–Trinajstić information content (AvgIpc) is 3.22. The first-order valence-corrected chi connectivity index (χ1v) is 7.85. The van der Waals surface area contributed by atoms with Crippen molar-refractivity contribution in [1.82, 2.24) is 5.32 Å². The van der Waals surface area contributed by atoms with E-state index < -0.39 is 0 Å². The molecular weight excluding hydrogens is 306 g/mol. The smallest absolute Gasteiger partial charge is 0.137 e. The standard InChI is InChI=1S/C15H22BrNO2/c16-14-6-4-5-12(11-17-13-7-8-13)15(14)19-10-3-1-2-9-18/h4-6,13,17-18H,1-3,7-11H2. The molecule has 0 aromatic heterocycles. The minimum atomic E-state index is 0.269. The first-order chi connectivity index (χ1) is 9.31. The quantitative estimate of drug-likeness (QED) is 0.684. The molecular formula is C15H22BrNO2. The normalized spacial score (nSPS) is 14.6. The summed E-state index contributed by atoms with van der Waals surface area (Å²) in [7, 11) is 0. The van der Waals surface area contributed by atoms with Crippen molar-refractivity contribution in [2.75, 3.05) is 13.2 Å². The van der Waals surface area contributed by atoms with E-state index in [0.717, 1.165) is 36.0 Å². The van der Waals surface area contributed by atoms with Crippen molar-refractivity contribution in [3.05, 3.63) is 28.2 Å². The maximum Gasteiger partial charge on any atom is 0.137 e. The van der Waals surface area contributed by atoms with E-state index in [1.165, 1.54) is 18.4 Å². The fourth-order valence-electron chi connectivity index (χ4n) is 1.96. The summed E-state index contributed by atoms with van der Waals surface area (Å²) in [6.07, 6.45) is 5.44. The highest BCUT2D eigenvalue weighted by Crippen LogP contribution is 2.30. The van der Waals surface area contributed by atoms with Crippen molar-refractivity contribution in [3.8, 4) is 5.75 Å². The molecule has 106 valence electrons. The second-order valence-electron chi connectivity index (χ2n) is 5.02. The maximum atomic E-state index is 8.74. The average molecular weight is 328 g/mol. The zero-order valence-electron chi connectivity index (χ0n) is 11.2. The highest BCUT2D eigenvalue weighted by atomic mass is 79.9. The first-order valence-electron chi connectivity index (χ1n) is 7.05. The molecule has 0 aliphatic heterocycles. The molecule has 1 aromatic carbocycles. The Bertz CT molecular complexity index is 394. The third-order valence-corrected chi connectivity index (χ3v) is 3.88. The van der Waals surface area contributed by atoms with Crippen LogP contribution in [0.1, 0.15) is 37.7 Å². The van der Waals surface area contributed by atoms with E-state index in [2.05, 4.69) is 27.3 Å². The minimum Gasteiger partial charge on any atom is -0.492 e. The lowest BCUT2D eigenvalue weighted by Crippen LogP contribution is -2.16. The van der Waals surface area contributed by atoms with Crippen LogP contribution in [0.3, 0.4) is 0 Å². The van der Waals surface area contributed by atoms with Crippen LogP contribution in [-0.2, 0) is 6.54 Å². The highest BCUT2D eigenvalue weighted by molar-refractivity contribution is 9.10. The van der Waals surface area contributed by atoms with Crippen LogP contribution in [0.25, 0.3) is 0 Å². The second-order valence-corrected chi connectivity index (χ2v) is 5.87. The van der Waals surface area contributed by atoms with Gasteiger partial charge in [-0.3, -0.25) is 0 Å². The molecule has 0 radical (unpaired) electrons. The number of nitrogens with one attached hydrogen (secondary N) is 1. The Morgan fingerprint density at radius 1 is 1.26 bits per heavy atom. The zero-order valence-corrected chi connectivity index (χ0v) is 12.8. The number of ether oxygens (including phenoxy) is 1. The van der Waals surface area contributed by atoms with Gasteiger partial charge in [0.25, 0.3) is 0 Å². The molecule has 2 N–H and O–H groups in total. The van der Waals surface area contributed by atoms with E-state index in [0.29, 0.717) is 12.6 Å².